The third-order valence-electron chi connectivity index (χ3n) is 7.94. The summed E-state index contributed by atoms with van der Waals surface area (Å²) in [6.45, 7) is 7.59. The summed E-state index contributed by atoms with van der Waals surface area (Å²) in [5.41, 5.74) is 6.48. The average Bonchev–Trinajstić information content (AvgIpc) is 3.07. The lowest BCUT2D eigenvalue weighted by Crippen LogP contribution is -2.62. The maximum absolute atomic E-state index is 11.2. The molecule has 11 nitrogen and oxygen atoms in total. The van der Waals surface area contributed by atoms with Gasteiger partial charge in [0.2, 0.25) is 0 Å². The summed E-state index contributed by atoms with van der Waals surface area (Å²) in [6.07, 6.45) is -9.47. The lowest BCUT2D eigenvalue weighted by molar-refractivity contribution is -0.309. The minimum atomic E-state index is -1.32. The quantitative estimate of drug-likeness (QED) is 0.233. The van der Waals surface area contributed by atoms with E-state index < -0.39 is 73.6 Å². The second-order valence-electron chi connectivity index (χ2n) is 11.0. The predicted molar refractivity (Wildman–Crippen MR) is 126 cm³/mol. The van der Waals surface area contributed by atoms with Crippen molar-refractivity contribution < 1.29 is 44.5 Å². The van der Waals surface area contributed by atoms with Crippen molar-refractivity contribution in [3.8, 4) is 0 Å². The van der Waals surface area contributed by atoms with Gasteiger partial charge in [-0.2, -0.15) is 0 Å². The zero-order chi connectivity index (χ0) is 26.2. The van der Waals surface area contributed by atoms with Crippen LogP contribution in [0.4, 0.5) is 0 Å². The summed E-state index contributed by atoms with van der Waals surface area (Å²) in [7, 11) is 3.70. The minimum Gasteiger partial charge on any atom is -0.390 e. The van der Waals surface area contributed by atoms with Crippen LogP contribution in [0.5, 0.6) is 0 Å². The van der Waals surface area contributed by atoms with Crippen LogP contribution in [0.3, 0.4) is 0 Å². The predicted octanol–water partition coefficient (Wildman–Crippen LogP) is -1.24. The fraction of sp³-hybridized carbons (Fsp3) is 1.00. The Morgan fingerprint density at radius 3 is 2.09 bits per heavy atom. The molecule has 3 fully saturated rings. The number of aliphatic hydroxyl groups is 5. The highest BCUT2D eigenvalue weighted by Gasteiger charge is 2.52. The number of hydrogen-bond donors (Lipinski definition) is 6. The van der Waals surface area contributed by atoms with Crippen molar-refractivity contribution in [2.45, 2.75) is 127 Å². The molecule has 4 unspecified atom stereocenters. The zero-order valence-corrected chi connectivity index (χ0v) is 21.7. The van der Waals surface area contributed by atoms with Crippen molar-refractivity contribution >= 4 is 0 Å². The summed E-state index contributed by atoms with van der Waals surface area (Å²) < 4.78 is 24.2. The molecule has 1 aliphatic carbocycles. The molecule has 2 aliphatic heterocycles. The molecular formula is C24H46N2O9. The van der Waals surface area contributed by atoms with E-state index in [1.54, 1.807) is 0 Å². The van der Waals surface area contributed by atoms with Crippen LogP contribution in [-0.2, 0) is 18.9 Å². The third-order valence-corrected chi connectivity index (χ3v) is 7.94. The van der Waals surface area contributed by atoms with Crippen LogP contribution >= 0.6 is 0 Å². The Kier molecular flexibility index (Phi) is 9.94. The molecule has 3 aliphatic rings. The van der Waals surface area contributed by atoms with E-state index >= 15 is 0 Å². The Labute approximate surface area is 208 Å². The van der Waals surface area contributed by atoms with Gasteiger partial charge in [0.1, 0.15) is 36.6 Å². The molecular weight excluding hydrogens is 460 g/mol. The van der Waals surface area contributed by atoms with Crippen molar-refractivity contribution in [1.82, 2.24) is 4.90 Å². The van der Waals surface area contributed by atoms with E-state index in [1.807, 2.05) is 46.7 Å². The van der Waals surface area contributed by atoms with Gasteiger partial charge in [0.25, 0.3) is 0 Å². The van der Waals surface area contributed by atoms with Crippen molar-refractivity contribution in [3.05, 3.63) is 0 Å². The first-order valence-corrected chi connectivity index (χ1v) is 12.8. The van der Waals surface area contributed by atoms with Gasteiger partial charge >= 0.3 is 0 Å². The highest BCUT2D eigenvalue weighted by atomic mass is 16.7. The molecule has 14 atom stereocenters. The van der Waals surface area contributed by atoms with E-state index in [9.17, 15) is 25.5 Å². The van der Waals surface area contributed by atoms with E-state index in [4.69, 9.17) is 24.7 Å². The first-order chi connectivity index (χ1) is 16.4. The van der Waals surface area contributed by atoms with Crippen LogP contribution in [0.2, 0.25) is 0 Å². The lowest BCUT2D eigenvalue weighted by Gasteiger charge is -2.47. The first kappa shape index (κ1) is 29.1. The SMILES string of the molecule is CC[C@@H]1CC(N)[C@@H](O[C@@H]2C[C@@H](O)[C@H](O)C(C(C)C)O2)[C@H](O[C@@H]2O[C@H]([C@H](C)N(C)C)[C@H](O)C2O)C1O. The highest BCUT2D eigenvalue weighted by molar-refractivity contribution is 4.99. The van der Waals surface area contributed by atoms with Crippen LogP contribution in [0.1, 0.15) is 47.0 Å². The molecule has 0 bridgehead atoms. The molecule has 2 heterocycles. The monoisotopic (exact) mass is 506 g/mol. The maximum atomic E-state index is 11.2. The molecule has 0 radical (unpaired) electrons. The van der Waals surface area contributed by atoms with Crippen LogP contribution in [0.25, 0.3) is 0 Å². The molecule has 35 heavy (non-hydrogen) atoms. The lowest BCUT2D eigenvalue weighted by atomic mass is 9.78. The van der Waals surface area contributed by atoms with E-state index in [2.05, 4.69) is 0 Å². The second kappa shape index (κ2) is 12.0. The average molecular weight is 507 g/mol. The molecule has 0 aromatic carbocycles. The Balaban J connectivity index is 1.78. The summed E-state index contributed by atoms with van der Waals surface area (Å²) in [4.78, 5) is 1.87. The fourth-order valence-electron chi connectivity index (χ4n) is 5.39. The number of rotatable bonds is 8. The van der Waals surface area contributed by atoms with Crippen LogP contribution in [0, 0.1) is 11.8 Å². The van der Waals surface area contributed by atoms with E-state index in [0.717, 1.165) is 0 Å². The number of aliphatic hydroxyl groups excluding tert-OH is 5. The summed E-state index contributed by atoms with van der Waals surface area (Å²) in [6, 6.07) is -0.711. The van der Waals surface area contributed by atoms with Crippen LogP contribution in [0.15, 0.2) is 0 Å². The first-order valence-electron chi connectivity index (χ1n) is 12.8. The number of hydrogen-bond acceptors (Lipinski definition) is 11. The second-order valence-corrected chi connectivity index (χ2v) is 11.0. The van der Waals surface area contributed by atoms with Gasteiger partial charge in [-0.25, -0.2) is 0 Å². The number of likely N-dealkylation sites (N-methyl/N-ethyl adjacent to an activating group) is 1. The van der Waals surface area contributed by atoms with Gasteiger partial charge in [-0.05, 0) is 39.3 Å². The molecule has 3 rings (SSSR count). The van der Waals surface area contributed by atoms with Gasteiger partial charge in [0, 0.05) is 18.5 Å². The normalized spacial score (nSPS) is 48.0. The molecule has 0 aromatic heterocycles. The van der Waals surface area contributed by atoms with E-state index in [1.165, 1.54) is 0 Å². The number of ether oxygens (including phenoxy) is 4. The molecule has 11 heteroatoms. The largest absolute Gasteiger partial charge is 0.390 e. The Bertz CT molecular complexity index is 671. The molecule has 0 aromatic rings. The van der Waals surface area contributed by atoms with Gasteiger partial charge in [-0.15, -0.1) is 0 Å². The standard InChI is InChI=1S/C24H46N2O9/c1-7-12-8-13(25)22(33-15-9-14(27)17(29)20(32-15)10(2)3)23(16(12)28)35-24-19(31)18(30)21(34-24)11(4)26(5)6/h10-24,27-31H,7-9,25H2,1-6H3/t11-,12+,13?,14+,15+,16?,17-,18+,19?,20?,21+,22+,23+,24-/m0/s1. The number of nitrogens with two attached hydrogens (primary N) is 1. The number of nitrogens with zero attached hydrogens (tertiary/aromatic N) is 1. The Hall–Kier alpha value is -0.440. The van der Waals surface area contributed by atoms with Crippen molar-refractivity contribution in [1.29, 1.82) is 0 Å². The molecule has 0 amide bonds. The zero-order valence-electron chi connectivity index (χ0n) is 21.7. The van der Waals surface area contributed by atoms with Crippen molar-refractivity contribution in [2.24, 2.45) is 17.6 Å². The van der Waals surface area contributed by atoms with Crippen molar-refractivity contribution in [2.75, 3.05) is 14.1 Å². The molecule has 2 saturated heterocycles. The highest BCUT2D eigenvalue weighted by Crippen LogP contribution is 2.36. The van der Waals surface area contributed by atoms with Gasteiger partial charge in [0.15, 0.2) is 12.6 Å². The molecule has 7 N–H and O–H groups in total. The summed E-state index contributed by atoms with van der Waals surface area (Å²) in [5.74, 6) is -0.217. The topological polar surface area (TPSA) is 167 Å². The van der Waals surface area contributed by atoms with E-state index in [0.29, 0.717) is 12.8 Å². The van der Waals surface area contributed by atoms with Crippen LogP contribution in [-0.4, -0.2) is 124 Å². The molecule has 206 valence electrons. The van der Waals surface area contributed by atoms with Gasteiger partial charge < -0.3 is 55.1 Å². The Morgan fingerprint density at radius 1 is 0.857 bits per heavy atom. The smallest absolute Gasteiger partial charge is 0.187 e. The maximum Gasteiger partial charge on any atom is 0.187 e. The third kappa shape index (κ3) is 6.18. The molecule has 0 spiro atoms. The van der Waals surface area contributed by atoms with E-state index in [-0.39, 0.29) is 24.3 Å². The van der Waals surface area contributed by atoms with Crippen molar-refractivity contribution in [3.63, 3.8) is 0 Å². The minimum absolute atomic E-state index is 0.0390. The Morgan fingerprint density at radius 2 is 1.51 bits per heavy atom. The van der Waals surface area contributed by atoms with Gasteiger partial charge in [-0.1, -0.05) is 27.2 Å². The molecule has 1 saturated carbocycles. The fourth-order valence-corrected chi connectivity index (χ4v) is 5.39. The summed E-state index contributed by atoms with van der Waals surface area (Å²) >= 11 is 0. The summed E-state index contributed by atoms with van der Waals surface area (Å²) in [5, 5.41) is 53.1. The van der Waals surface area contributed by atoms with Gasteiger partial charge in [-0.3, -0.25) is 0 Å². The van der Waals surface area contributed by atoms with Gasteiger partial charge in [0.05, 0.1) is 18.3 Å². The van der Waals surface area contributed by atoms with Crippen LogP contribution < -0.4 is 5.73 Å².